The predicted octanol–water partition coefficient (Wildman–Crippen LogP) is 7.13. The van der Waals surface area contributed by atoms with Crippen LogP contribution in [0.5, 0.6) is 0 Å². The number of aliphatic carboxylic acids is 1. The van der Waals surface area contributed by atoms with E-state index in [-0.39, 0.29) is 12.3 Å². The molecular formula is C27H24N2O2S. The van der Waals surface area contributed by atoms with E-state index in [0.717, 1.165) is 43.3 Å². The molecule has 0 bridgehead atoms. The quantitative estimate of drug-likeness (QED) is 0.346. The first-order valence-corrected chi connectivity index (χ1v) is 12.0. The molecular weight excluding hydrogens is 416 g/mol. The van der Waals surface area contributed by atoms with Crippen molar-refractivity contribution in [3.8, 4) is 17.2 Å². The Morgan fingerprint density at radius 1 is 1.12 bits per heavy atom. The molecule has 1 aliphatic carbocycles. The number of nitriles is 1. The first-order chi connectivity index (χ1) is 15.6. The van der Waals surface area contributed by atoms with E-state index in [4.69, 9.17) is 0 Å². The van der Waals surface area contributed by atoms with Gasteiger partial charge in [-0.3, -0.25) is 9.78 Å². The minimum absolute atomic E-state index is 0.0403. The van der Waals surface area contributed by atoms with Crippen molar-refractivity contribution in [2.45, 2.75) is 44.4 Å². The highest BCUT2D eigenvalue weighted by Crippen LogP contribution is 2.43. The van der Waals surface area contributed by atoms with Gasteiger partial charge in [-0.15, -0.1) is 11.3 Å². The van der Waals surface area contributed by atoms with Crippen LogP contribution in [-0.4, -0.2) is 16.1 Å². The molecule has 2 heterocycles. The molecule has 0 saturated heterocycles. The lowest BCUT2D eigenvalue weighted by Crippen LogP contribution is -2.09. The van der Waals surface area contributed by atoms with Crippen LogP contribution in [0.4, 0.5) is 0 Å². The zero-order valence-corrected chi connectivity index (χ0v) is 18.6. The molecule has 5 rings (SSSR count). The van der Waals surface area contributed by atoms with Gasteiger partial charge in [-0.1, -0.05) is 56.0 Å². The van der Waals surface area contributed by atoms with Crippen molar-refractivity contribution in [1.29, 1.82) is 5.26 Å². The third kappa shape index (κ3) is 3.87. The van der Waals surface area contributed by atoms with Gasteiger partial charge in [0.2, 0.25) is 0 Å². The first kappa shape index (κ1) is 20.7. The average molecular weight is 441 g/mol. The fourth-order valence-corrected chi connectivity index (χ4v) is 6.44. The molecule has 2 aromatic carbocycles. The molecule has 0 unspecified atom stereocenters. The molecule has 1 aliphatic rings. The standard InChI is InChI=1S/C27H24N2O2S/c28-14-18-9-10-23(22-8-4-3-7-21(18)22)24-16-29-15-20-12-25(32-27(20)24)19(13-26(30)31)11-17-5-1-2-6-17/h3-4,7-10,12,15-17,19H,1-2,5-6,11,13H2,(H,30,31)/t19-/m0/s1. The van der Waals surface area contributed by atoms with Crippen molar-refractivity contribution in [2.24, 2.45) is 5.92 Å². The van der Waals surface area contributed by atoms with Gasteiger partial charge < -0.3 is 5.11 Å². The highest BCUT2D eigenvalue weighted by atomic mass is 32.1. The van der Waals surface area contributed by atoms with E-state index in [2.05, 4.69) is 17.1 Å². The summed E-state index contributed by atoms with van der Waals surface area (Å²) in [5.74, 6) is -0.0647. The van der Waals surface area contributed by atoms with Gasteiger partial charge in [0.05, 0.1) is 18.1 Å². The van der Waals surface area contributed by atoms with Gasteiger partial charge in [0, 0.05) is 44.2 Å². The van der Waals surface area contributed by atoms with E-state index in [1.165, 1.54) is 25.7 Å². The number of carboxylic acid groups (broad SMARTS) is 1. The molecule has 1 fully saturated rings. The number of carboxylic acids is 1. The van der Waals surface area contributed by atoms with Gasteiger partial charge in [-0.2, -0.15) is 5.26 Å². The van der Waals surface area contributed by atoms with Gasteiger partial charge in [-0.05, 0) is 35.4 Å². The average Bonchev–Trinajstić information content (AvgIpc) is 3.47. The van der Waals surface area contributed by atoms with Crippen LogP contribution in [0.2, 0.25) is 0 Å². The molecule has 1 saturated carbocycles. The highest BCUT2D eigenvalue weighted by molar-refractivity contribution is 7.19. The minimum atomic E-state index is -0.734. The van der Waals surface area contributed by atoms with Crippen LogP contribution in [0.25, 0.3) is 32.0 Å². The largest absolute Gasteiger partial charge is 0.481 e. The summed E-state index contributed by atoms with van der Waals surface area (Å²) in [5, 5.41) is 22.1. The summed E-state index contributed by atoms with van der Waals surface area (Å²) in [6, 6.07) is 16.3. The van der Waals surface area contributed by atoms with Gasteiger partial charge in [-0.25, -0.2) is 0 Å². The number of fused-ring (bicyclic) bond motifs is 2. The van der Waals surface area contributed by atoms with Crippen LogP contribution in [0.1, 0.15) is 54.9 Å². The summed E-state index contributed by atoms with van der Waals surface area (Å²) in [5.41, 5.74) is 2.75. The molecule has 2 aromatic heterocycles. The summed E-state index contributed by atoms with van der Waals surface area (Å²) in [4.78, 5) is 17.3. The molecule has 5 heteroatoms. The molecule has 4 nitrogen and oxygen atoms in total. The van der Waals surface area contributed by atoms with Gasteiger partial charge in [0.1, 0.15) is 0 Å². The second kappa shape index (κ2) is 8.72. The Labute approximate surface area is 191 Å². The maximum absolute atomic E-state index is 11.6. The van der Waals surface area contributed by atoms with Crippen LogP contribution in [0, 0.1) is 17.2 Å². The number of benzene rings is 2. The summed E-state index contributed by atoms with van der Waals surface area (Å²) in [7, 11) is 0. The molecule has 0 radical (unpaired) electrons. The van der Waals surface area contributed by atoms with Gasteiger partial charge >= 0.3 is 5.97 Å². The molecule has 0 spiro atoms. The maximum atomic E-state index is 11.6. The molecule has 1 N–H and O–H groups in total. The van der Waals surface area contributed by atoms with Crippen LogP contribution in [-0.2, 0) is 4.79 Å². The fourth-order valence-electron chi connectivity index (χ4n) is 5.17. The third-order valence-electron chi connectivity index (χ3n) is 6.69. The number of aromatic nitrogens is 1. The number of nitrogens with zero attached hydrogens (tertiary/aromatic N) is 2. The van der Waals surface area contributed by atoms with Gasteiger partial charge in [0.15, 0.2) is 0 Å². The van der Waals surface area contributed by atoms with Crippen molar-refractivity contribution >= 4 is 38.2 Å². The molecule has 160 valence electrons. The number of hydrogen-bond acceptors (Lipinski definition) is 4. The van der Waals surface area contributed by atoms with Crippen molar-refractivity contribution in [2.75, 3.05) is 0 Å². The molecule has 0 aliphatic heterocycles. The lowest BCUT2D eigenvalue weighted by molar-refractivity contribution is -0.137. The smallest absolute Gasteiger partial charge is 0.303 e. The van der Waals surface area contributed by atoms with E-state index in [1.807, 2.05) is 48.8 Å². The number of thiophene rings is 1. The summed E-state index contributed by atoms with van der Waals surface area (Å²) in [6.45, 7) is 0. The van der Waals surface area contributed by atoms with E-state index in [9.17, 15) is 15.2 Å². The second-order valence-corrected chi connectivity index (χ2v) is 9.84. The van der Waals surface area contributed by atoms with Crippen LogP contribution >= 0.6 is 11.3 Å². The molecule has 0 amide bonds. The van der Waals surface area contributed by atoms with E-state index >= 15 is 0 Å². The minimum Gasteiger partial charge on any atom is -0.481 e. The molecule has 1 atom stereocenters. The Hall–Kier alpha value is -3.23. The van der Waals surface area contributed by atoms with Crippen LogP contribution in [0.3, 0.4) is 0 Å². The topological polar surface area (TPSA) is 74.0 Å². The van der Waals surface area contributed by atoms with Crippen LogP contribution < -0.4 is 0 Å². The monoisotopic (exact) mass is 440 g/mol. The number of carbonyl (C=O) groups is 1. The fraction of sp³-hybridized carbons (Fsp3) is 0.296. The van der Waals surface area contributed by atoms with E-state index in [0.29, 0.717) is 11.5 Å². The Balaban J connectivity index is 1.62. The second-order valence-electron chi connectivity index (χ2n) is 8.75. The number of hydrogen-bond donors (Lipinski definition) is 1. The normalized spacial score (nSPS) is 15.2. The molecule has 4 aromatic rings. The Bertz CT molecular complexity index is 1350. The predicted molar refractivity (Wildman–Crippen MR) is 129 cm³/mol. The van der Waals surface area contributed by atoms with Crippen molar-refractivity contribution in [1.82, 2.24) is 4.98 Å². The third-order valence-corrected chi connectivity index (χ3v) is 8.04. The SMILES string of the molecule is N#Cc1ccc(-c2cncc3cc([C@H](CC(=O)O)CC4CCCC4)sc23)c2ccccc12. The van der Waals surface area contributed by atoms with Crippen molar-refractivity contribution in [3.63, 3.8) is 0 Å². The lowest BCUT2D eigenvalue weighted by atomic mass is 9.89. The van der Waals surface area contributed by atoms with E-state index < -0.39 is 5.97 Å². The van der Waals surface area contributed by atoms with E-state index in [1.54, 1.807) is 11.3 Å². The summed E-state index contributed by atoms with van der Waals surface area (Å²) >= 11 is 1.70. The zero-order chi connectivity index (χ0) is 22.1. The maximum Gasteiger partial charge on any atom is 0.303 e. The Kier molecular flexibility index (Phi) is 5.63. The number of rotatable bonds is 6. The van der Waals surface area contributed by atoms with Gasteiger partial charge in [0.25, 0.3) is 0 Å². The van der Waals surface area contributed by atoms with Crippen molar-refractivity contribution in [3.05, 3.63) is 65.3 Å². The van der Waals surface area contributed by atoms with Crippen LogP contribution in [0.15, 0.2) is 54.9 Å². The summed E-state index contributed by atoms with van der Waals surface area (Å²) < 4.78 is 1.13. The highest BCUT2D eigenvalue weighted by Gasteiger charge is 2.25. The first-order valence-electron chi connectivity index (χ1n) is 11.2. The van der Waals surface area contributed by atoms with Crippen molar-refractivity contribution < 1.29 is 9.90 Å². The lowest BCUT2D eigenvalue weighted by Gasteiger charge is -2.17. The zero-order valence-electron chi connectivity index (χ0n) is 17.8. The Morgan fingerprint density at radius 2 is 1.91 bits per heavy atom. The molecule has 32 heavy (non-hydrogen) atoms. The number of pyridine rings is 1. The Morgan fingerprint density at radius 3 is 2.66 bits per heavy atom. The summed E-state index contributed by atoms with van der Waals surface area (Å²) in [6.07, 6.45) is 9.83.